The molecule has 3 rings (SSSR count). The molecule has 2 aromatic rings. The number of carbonyl (C=O) groups is 1. The third kappa shape index (κ3) is 4.54. The van der Waals surface area contributed by atoms with E-state index in [4.69, 9.17) is 0 Å². The van der Waals surface area contributed by atoms with Gasteiger partial charge in [0.15, 0.2) is 5.78 Å². The van der Waals surface area contributed by atoms with Crippen LogP contribution >= 0.6 is 0 Å². The fourth-order valence-electron chi connectivity index (χ4n) is 3.08. The Morgan fingerprint density at radius 3 is 2.67 bits per heavy atom. The standard InChI is InChI=1S/C19H24N4O/c1-14(24)15-7-6-10-17(13-15)22-19-20-12-11-18(23-19)21-16-8-4-2-3-5-9-16/h6-7,10-13,16H,2-5,8-9H2,1H3,(H2,20,21,22,23). The number of nitrogens with one attached hydrogen (secondary N) is 2. The lowest BCUT2D eigenvalue weighted by Crippen LogP contribution is -2.19. The van der Waals surface area contributed by atoms with Crippen LogP contribution in [0.25, 0.3) is 0 Å². The number of carbonyl (C=O) groups excluding carboxylic acids is 1. The second kappa shape index (κ2) is 7.90. The topological polar surface area (TPSA) is 66.9 Å². The number of benzene rings is 1. The quantitative estimate of drug-likeness (QED) is 0.623. The molecule has 1 aromatic carbocycles. The maximum Gasteiger partial charge on any atom is 0.229 e. The van der Waals surface area contributed by atoms with Gasteiger partial charge in [0.1, 0.15) is 5.82 Å². The molecule has 1 fully saturated rings. The maximum absolute atomic E-state index is 11.5. The SMILES string of the molecule is CC(=O)c1cccc(Nc2nccc(NC3CCCCCC3)n2)c1. The van der Waals surface area contributed by atoms with Gasteiger partial charge in [0.2, 0.25) is 5.95 Å². The molecule has 0 unspecified atom stereocenters. The summed E-state index contributed by atoms with van der Waals surface area (Å²) in [6.07, 6.45) is 9.39. The predicted molar refractivity (Wildman–Crippen MR) is 96.9 cm³/mol. The second-order valence-corrected chi connectivity index (χ2v) is 6.36. The van der Waals surface area contributed by atoms with Crippen molar-refractivity contribution < 1.29 is 4.79 Å². The van der Waals surface area contributed by atoms with Gasteiger partial charge in [0.25, 0.3) is 0 Å². The summed E-state index contributed by atoms with van der Waals surface area (Å²) in [5, 5.41) is 6.71. The third-order valence-corrected chi connectivity index (χ3v) is 4.39. The smallest absolute Gasteiger partial charge is 0.229 e. The highest BCUT2D eigenvalue weighted by atomic mass is 16.1. The maximum atomic E-state index is 11.5. The fraction of sp³-hybridized carbons (Fsp3) is 0.421. The van der Waals surface area contributed by atoms with E-state index in [0.717, 1.165) is 11.5 Å². The van der Waals surface area contributed by atoms with Crippen molar-refractivity contribution in [3.8, 4) is 0 Å². The summed E-state index contributed by atoms with van der Waals surface area (Å²) in [5.74, 6) is 1.43. The first-order chi connectivity index (χ1) is 11.7. The molecule has 2 N–H and O–H groups in total. The number of rotatable bonds is 5. The first-order valence-electron chi connectivity index (χ1n) is 8.68. The summed E-state index contributed by atoms with van der Waals surface area (Å²) in [6, 6.07) is 9.78. The zero-order chi connectivity index (χ0) is 16.8. The Labute approximate surface area is 142 Å². The van der Waals surface area contributed by atoms with Gasteiger partial charge >= 0.3 is 0 Å². The van der Waals surface area contributed by atoms with Crippen molar-refractivity contribution in [1.82, 2.24) is 9.97 Å². The predicted octanol–water partition coefficient (Wildman–Crippen LogP) is 4.56. The van der Waals surface area contributed by atoms with Crippen molar-refractivity contribution >= 4 is 23.2 Å². The van der Waals surface area contributed by atoms with Gasteiger partial charge in [-0.05, 0) is 38.0 Å². The highest BCUT2D eigenvalue weighted by molar-refractivity contribution is 5.95. The van der Waals surface area contributed by atoms with Crippen LogP contribution in [0.4, 0.5) is 17.5 Å². The monoisotopic (exact) mass is 324 g/mol. The molecule has 126 valence electrons. The fourth-order valence-corrected chi connectivity index (χ4v) is 3.08. The van der Waals surface area contributed by atoms with Crippen LogP contribution in [-0.4, -0.2) is 21.8 Å². The molecule has 1 aliphatic rings. The van der Waals surface area contributed by atoms with Crippen LogP contribution in [0, 0.1) is 0 Å². The summed E-state index contributed by atoms with van der Waals surface area (Å²) in [6.45, 7) is 1.56. The lowest BCUT2D eigenvalue weighted by molar-refractivity contribution is 0.101. The van der Waals surface area contributed by atoms with E-state index in [1.165, 1.54) is 38.5 Å². The zero-order valence-corrected chi connectivity index (χ0v) is 14.1. The molecule has 0 radical (unpaired) electrons. The second-order valence-electron chi connectivity index (χ2n) is 6.36. The number of aromatic nitrogens is 2. The number of ketones is 1. The van der Waals surface area contributed by atoms with Gasteiger partial charge < -0.3 is 10.6 Å². The summed E-state index contributed by atoms with van der Waals surface area (Å²) >= 11 is 0. The van der Waals surface area contributed by atoms with E-state index < -0.39 is 0 Å². The number of Topliss-reactive ketones (excluding diaryl/α,β-unsaturated/α-hetero) is 1. The Balaban J connectivity index is 1.68. The molecule has 5 nitrogen and oxygen atoms in total. The van der Waals surface area contributed by atoms with Crippen molar-refractivity contribution in [2.45, 2.75) is 51.5 Å². The summed E-state index contributed by atoms with van der Waals surface area (Å²) < 4.78 is 0. The van der Waals surface area contributed by atoms with E-state index in [1.807, 2.05) is 24.3 Å². The molecule has 5 heteroatoms. The van der Waals surface area contributed by atoms with Gasteiger partial charge in [0.05, 0.1) is 0 Å². The highest BCUT2D eigenvalue weighted by Gasteiger charge is 2.12. The van der Waals surface area contributed by atoms with Gasteiger partial charge in [-0.2, -0.15) is 4.98 Å². The molecule has 1 aromatic heterocycles. The van der Waals surface area contributed by atoms with Crippen LogP contribution in [-0.2, 0) is 0 Å². The normalized spacial score (nSPS) is 15.5. The van der Waals surface area contributed by atoms with E-state index >= 15 is 0 Å². The average molecular weight is 324 g/mol. The molecular weight excluding hydrogens is 300 g/mol. The molecule has 24 heavy (non-hydrogen) atoms. The summed E-state index contributed by atoms with van der Waals surface area (Å²) in [5.41, 5.74) is 1.49. The Bertz CT molecular complexity index is 693. The van der Waals surface area contributed by atoms with Gasteiger partial charge in [-0.3, -0.25) is 4.79 Å². The van der Waals surface area contributed by atoms with E-state index in [9.17, 15) is 4.79 Å². The first-order valence-corrected chi connectivity index (χ1v) is 8.68. The Morgan fingerprint density at radius 1 is 1.12 bits per heavy atom. The molecule has 0 saturated heterocycles. The van der Waals surface area contributed by atoms with Crippen LogP contribution in [0.2, 0.25) is 0 Å². The lowest BCUT2D eigenvalue weighted by atomic mass is 10.1. The molecular formula is C19H24N4O. The minimum atomic E-state index is 0.0448. The van der Waals surface area contributed by atoms with E-state index in [0.29, 0.717) is 17.6 Å². The van der Waals surface area contributed by atoms with Crippen LogP contribution in [0.5, 0.6) is 0 Å². The number of anilines is 3. The molecule has 0 atom stereocenters. The van der Waals surface area contributed by atoms with Crippen molar-refractivity contribution in [1.29, 1.82) is 0 Å². The Hall–Kier alpha value is -2.43. The Kier molecular flexibility index (Phi) is 5.41. The van der Waals surface area contributed by atoms with Crippen molar-refractivity contribution in [2.75, 3.05) is 10.6 Å². The third-order valence-electron chi connectivity index (χ3n) is 4.39. The number of nitrogens with zero attached hydrogens (tertiary/aromatic N) is 2. The van der Waals surface area contributed by atoms with Gasteiger partial charge in [-0.25, -0.2) is 4.98 Å². The van der Waals surface area contributed by atoms with Gasteiger partial charge in [-0.15, -0.1) is 0 Å². The average Bonchev–Trinajstić information content (AvgIpc) is 2.84. The van der Waals surface area contributed by atoms with E-state index in [-0.39, 0.29) is 5.78 Å². The Morgan fingerprint density at radius 2 is 1.92 bits per heavy atom. The molecule has 0 spiro atoms. The largest absolute Gasteiger partial charge is 0.367 e. The molecule has 0 aliphatic heterocycles. The molecule has 1 aliphatic carbocycles. The van der Waals surface area contributed by atoms with Crippen molar-refractivity contribution in [3.63, 3.8) is 0 Å². The minimum absolute atomic E-state index is 0.0448. The minimum Gasteiger partial charge on any atom is -0.367 e. The zero-order valence-electron chi connectivity index (χ0n) is 14.1. The van der Waals surface area contributed by atoms with Crippen molar-refractivity contribution in [3.05, 3.63) is 42.1 Å². The van der Waals surface area contributed by atoms with Crippen LogP contribution in [0.3, 0.4) is 0 Å². The highest BCUT2D eigenvalue weighted by Crippen LogP contribution is 2.21. The molecule has 0 bridgehead atoms. The van der Waals surface area contributed by atoms with Crippen LogP contribution in [0.1, 0.15) is 55.8 Å². The van der Waals surface area contributed by atoms with Crippen LogP contribution < -0.4 is 10.6 Å². The van der Waals surface area contributed by atoms with Gasteiger partial charge in [0, 0.05) is 23.5 Å². The lowest BCUT2D eigenvalue weighted by Gasteiger charge is -2.17. The summed E-state index contributed by atoms with van der Waals surface area (Å²) in [4.78, 5) is 20.3. The number of hydrogen-bond donors (Lipinski definition) is 2. The van der Waals surface area contributed by atoms with E-state index in [2.05, 4.69) is 20.6 Å². The molecule has 0 amide bonds. The molecule has 1 saturated carbocycles. The summed E-state index contributed by atoms with van der Waals surface area (Å²) in [7, 11) is 0. The van der Waals surface area contributed by atoms with Crippen LogP contribution in [0.15, 0.2) is 36.5 Å². The molecule has 1 heterocycles. The first kappa shape index (κ1) is 16.4. The van der Waals surface area contributed by atoms with Crippen molar-refractivity contribution in [2.24, 2.45) is 0 Å². The number of hydrogen-bond acceptors (Lipinski definition) is 5. The van der Waals surface area contributed by atoms with Gasteiger partial charge in [-0.1, -0.05) is 37.8 Å². The van der Waals surface area contributed by atoms with E-state index in [1.54, 1.807) is 19.2 Å².